The van der Waals surface area contributed by atoms with Gasteiger partial charge >= 0.3 is 5.97 Å². The highest BCUT2D eigenvalue weighted by molar-refractivity contribution is 5.80. The zero-order chi connectivity index (χ0) is 20.2. The molecule has 1 aromatic heterocycles. The van der Waals surface area contributed by atoms with Crippen molar-refractivity contribution in [2.75, 3.05) is 19.5 Å². The quantitative estimate of drug-likeness (QED) is 0.785. The second-order valence-corrected chi connectivity index (χ2v) is 7.32. The van der Waals surface area contributed by atoms with Crippen molar-refractivity contribution in [2.24, 2.45) is 5.41 Å². The van der Waals surface area contributed by atoms with Crippen LogP contribution in [0.15, 0.2) is 41.3 Å². The lowest BCUT2D eigenvalue weighted by Gasteiger charge is -2.30. The highest BCUT2D eigenvalue weighted by Gasteiger charge is 2.33. The average Bonchev–Trinajstić information content (AvgIpc) is 2.62. The smallest absolute Gasteiger partial charge is 0.328 e. The lowest BCUT2D eigenvalue weighted by atomic mass is 9.86. The molecule has 146 valence electrons. The van der Waals surface area contributed by atoms with Gasteiger partial charge in [0, 0.05) is 12.3 Å². The van der Waals surface area contributed by atoms with E-state index in [9.17, 15) is 14.0 Å². The first kappa shape index (κ1) is 20.5. The molecule has 6 nitrogen and oxygen atoms in total. The van der Waals surface area contributed by atoms with E-state index >= 15 is 0 Å². The molecule has 0 aliphatic heterocycles. The lowest BCUT2D eigenvalue weighted by Crippen LogP contribution is -2.42. The lowest BCUT2D eigenvalue weighted by molar-refractivity contribution is -0.143. The van der Waals surface area contributed by atoms with Gasteiger partial charge in [0.1, 0.15) is 11.8 Å². The van der Waals surface area contributed by atoms with Crippen LogP contribution in [-0.2, 0) is 16.1 Å². The molecule has 2 aromatic rings. The van der Waals surface area contributed by atoms with E-state index in [0.29, 0.717) is 5.75 Å². The van der Waals surface area contributed by atoms with Gasteiger partial charge in [-0.1, -0.05) is 32.9 Å². The SMILES string of the molecule is COC(=O)[C@@H](Nc1cc(=O)n(Cc2ccc(OC)cc2)cc1F)C(C)(C)C. The summed E-state index contributed by atoms with van der Waals surface area (Å²) in [6.45, 7) is 5.69. The third-order valence-electron chi connectivity index (χ3n) is 4.19. The summed E-state index contributed by atoms with van der Waals surface area (Å²) in [5, 5.41) is 2.81. The van der Waals surface area contributed by atoms with Crippen molar-refractivity contribution in [1.29, 1.82) is 0 Å². The predicted molar refractivity (Wildman–Crippen MR) is 102 cm³/mol. The minimum absolute atomic E-state index is 0.0312. The second kappa shape index (κ2) is 8.24. The summed E-state index contributed by atoms with van der Waals surface area (Å²) in [5.41, 5.74) is -0.110. The van der Waals surface area contributed by atoms with E-state index in [4.69, 9.17) is 9.47 Å². The largest absolute Gasteiger partial charge is 0.497 e. The number of rotatable bonds is 6. The number of hydrogen-bond donors (Lipinski definition) is 1. The number of ether oxygens (including phenoxy) is 2. The van der Waals surface area contributed by atoms with E-state index in [-0.39, 0.29) is 17.8 Å². The van der Waals surface area contributed by atoms with E-state index in [1.807, 2.05) is 32.9 Å². The predicted octanol–water partition coefficient (Wildman–Crippen LogP) is 3.04. The fraction of sp³-hybridized carbons (Fsp3) is 0.400. The van der Waals surface area contributed by atoms with E-state index in [2.05, 4.69) is 5.32 Å². The Morgan fingerprint density at radius 3 is 2.37 bits per heavy atom. The van der Waals surface area contributed by atoms with Crippen LogP contribution in [0.2, 0.25) is 0 Å². The molecule has 27 heavy (non-hydrogen) atoms. The van der Waals surface area contributed by atoms with Crippen molar-refractivity contribution < 1.29 is 18.7 Å². The number of anilines is 1. The molecule has 1 aromatic carbocycles. The van der Waals surface area contributed by atoms with Gasteiger partial charge in [-0.2, -0.15) is 0 Å². The van der Waals surface area contributed by atoms with Crippen molar-refractivity contribution in [2.45, 2.75) is 33.4 Å². The Balaban J connectivity index is 2.27. The maximum Gasteiger partial charge on any atom is 0.328 e. The van der Waals surface area contributed by atoms with Crippen molar-refractivity contribution in [3.8, 4) is 5.75 Å². The van der Waals surface area contributed by atoms with Gasteiger partial charge in [-0.3, -0.25) is 4.79 Å². The molecule has 0 amide bonds. The molecule has 1 N–H and O–H groups in total. The fourth-order valence-electron chi connectivity index (χ4n) is 2.61. The van der Waals surface area contributed by atoms with Gasteiger partial charge < -0.3 is 19.4 Å². The highest BCUT2D eigenvalue weighted by atomic mass is 19.1. The first-order chi connectivity index (χ1) is 12.7. The zero-order valence-corrected chi connectivity index (χ0v) is 16.2. The number of carbonyl (C=O) groups excluding carboxylic acids is 1. The van der Waals surface area contributed by atoms with E-state index in [0.717, 1.165) is 17.8 Å². The molecular weight excluding hydrogens is 351 g/mol. The van der Waals surface area contributed by atoms with E-state index < -0.39 is 23.2 Å². The second-order valence-electron chi connectivity index (χ2n) is 7.32. The van der Waals surface area contributed by atoms with Gasteiger partial charge in [0.2, 0.25) is 0 Å². The van der Waals surface area contributed by atoms with Crippen LogP contribution in [-0.4, -0.2) is 30.8 Å². The van der Waals surface area contributed by atoms with Gasteiger partial charge in [-0.25, -0.2) is 9.18 Å². The molecule has 0 spiro atoms. The fourth-order valence-corrected chi connectivity index (χ4v) is 2.61. The Hall–Kier alpha value is -2.83. The van der Waals surface area contributed by atoms with Gasteiger partial charge in [0.25, 0.3) is 5.56 Å². The number of nitrogens with one attached hydrogen (secondary N) is 1. The number of benzene rings is 1. The Kier molecular flexibility index (Phi) is 6.25. The molecule has 2 rings (SSSR count). The zero-order valence-electron chi connectivity index (χ0n) is 16.2. The van der Waals surface area contributed by atoms with Crippen LogP contribution in [0.5, 0.6) is 5.75 Å². The monoisotopic (exact) mass is 376 g/mol. The molecule has 0 fully saturated rings. The molecule has 0 bridgehead atoms. The van der Waals surface area contributed by atoms with Crippen LogP contribution < -0.4 is 15.6 Å². The Labute approximate surface area is 157 Å². The molecule has 0 saturated heterocycles. The Morgan fingerprint density at radius 1 is 1.22 bits per heavy atom. The number of halogens is 1. The molecule has 0 aliphatic carbocycles. The Morgan fingerprint density at radius 2 is 1.85 bits per heavy atom. The summed E-state index contributed by atoms with van der Waals surface area (Å²) in [6.07, 6.45) is 1.13. The van der Waals surface area contributed by atoms with Crippen molar-refractivity contribution in [1.82, 2.24) is 4.57 Å². The maximum atomic E-state index is 14.6. The van der Waals surface area contributed by atoms with Gasteiger partial charge in [0.15, 0.2) is 5.82 Å². The normalized spacial score (nSPS) is 12.4. The number of carbonyl (C=O) groups is 1. The summed E-state index contributed by atoms with van der Waals surface area (Å²) >= 11 is 0. The van der Waals surface area contributed by atoms with E-state index in [1.165, 1.54) is 11.7 Å². The first-order valence-electron chi connectivity index (χ1n) is 8.53. The minimum Gasteiger partial charge on any atom is -0.497 e. The minimum atomic E-state index is -0.797. The number of nitrogens with zero attached hydrogens (tertiary/aromatic N) is 1. The number of hydrogen-bond acceptors (Lipinski definition) is 5. The average molecular weight is 376 g/mol. The number of pyridine rings is 1. The van der Waals surface area contributed by atoms with Gasteiger partial charge in [-0.15, -0.1) is 0 Å². The molecule has 7 heteroatoms. The first-order valence-corrected chi connectivity index (χ1v) is 8.53. The van der Waals surface area contributed by atoms with Gasteiger partial charge in [0.05, 0.1) is 26.5 Å². The van der Waals surface area contributed by atoms with Crippen LogP contribution in [0, 0.1) is 11.2 Å². The molecule has 0 unspecified atom stereocenters. The number of aromatic nitrogens is 1. The molecule has 0 radical (unpaired) electrons. The van der Waals surface area contributed by atoms with Crippen molar-refractivity contribution >= 4 is 11.7 Å². The van der Waals surface area contributed by atoms with Crippen LogP contribution in [0.3, 0.4) is 0 Å². The van der Waals surface area contributed by atoms with Crippen LogP contribution in [0.1, 0.15) is 26.3 Å². The van der Waals surface area contributed by atoms with E-state index in [1.54, 1.807) is 19.2 Å². The molecular formula is C20H25FN2O4. The summed E-state index contributed by atoms with van der Waals surface area (Å²) in [5.74, 6) is -0.446. The number of esters is 1. The topological polar surface area (TPSA) is 69.6 Å². The summed E-state index contributed by atoms with van der Waals surface area (Å²) in [4.78, 5) is 24.4. The molecule has 0 saturated carbocycles. The standard InChI is InChI=1S/C20H25FN2O4/c1-20(2,3)18(19(25)27-5)22-16-10-17(24)23(12-15(16)21)11-13-6-8-14(26-4)9-7-13/h6-10,12,18,22H,11H2,1-5H3/t18-/m1/s1. The molecule has 1 atom stereocenters. The highest BCUT2D eigenvalue weighted by Crippen LogP contribution is 2.25. The van der Waals surface area contributed by atoms with Crippen LogP contribution in [0.4, 0.5) is 10.1 Å². The van der Waals surface area contributed by atoms with Crippen LogP contribution >= 0.6 is 0 Å². The third-order valence-corrected chi connectivity index (χ3v) is 4.19. The summed E-state index contributed by atoms with van der Waals surface area (Å²) in [7, 11) is 2.84. The summed E-state index contributed by atoms with van der Waals surface area (Å²) in [6, 6.07) is 7.52. The van der Waals surface area contributed by atoms with Crippen LogP contribution in [0.25, 0.3) is 0 Å². The molecule has 1 heterocycles. The van der Waals surface area contributed by atoms with Crippen molar-refractivity contribution in [3.05, 3.63) is 58.3 Å². The van der Waals surface area contributed by atoms with Gasteiger partial charge in [-0.05, 0) is 23.1 Å². The number of methoxy groups -OCH3 is 2. The van der Waals surface area contributed by atoms with Crippen molar-refractivity contribution in [3.63, 3.8) is 0 Å². The maximum absolute atomic E-state index is 14.6. The molecule has 0 aliphatic rings. The Bertz CT molecular complexity index is 854. The summed E-state index contributed by atoms with van der Waals surface area (Å²) < 4.78 is 25.7. The third kappa shape index (κ3) is 5.09.